The SMILES string of the molecule is CC[C@@H](NC(=O)OCC1c2ccccc2-c2ccccc21)C(=O)N1c2ccccc2CC1C(=O)O. The number of hydrogen-bond acceptors (Lipinski definition) is 4. The van der Waals surface area contributed by atoms with Gasteiger partial charge in [-0.2, -0.15) is 0 Å². The molecule has 0 bridgehead atoms. The summed E-state index contributed by atoms with van der Waals surface area (Å²) >= 11 is 0. The number of carbonyl (C=O) groups is 3. The lowest BCUT2D eigenvalue weighted by atomic mass is 9.98. The Morgan fingerprint density at radius 1 is 0.971 bits per heavy atom. The number of carbonyl (C=O) groups excluding carboxylic acids is 2. The molecule has 3 aromatic rings. The average molecular weight is 471 g/mol. The van der Waals surface area contributed by atoms with Crippen molar-refractivity contribution in [2.45, 2.75) is 37.8 Å². The molecular formula is C28H26N2O5. The Kier molecular flexibility index (Phi) is 5.99. The van der Waals surface area contributed by atoms with E-state index in [1.807, 2.05) is 48.5 Å². The van der Waals surface area contributed by atoms with Gasteiger partial charge in [-0.1, -0.05) is 73.7 Å². The van der Waals surface area contributed by atoms with Gasteiger partial charge in [0.1, 0.15) is 18.7 Å². The summed E-state index contributed by atoms with van der Waals surface area (Å²) in [6.07, 6.45) is -0.168. The molecule has 5 rings (SSSR count). The third-order valence-electron chi connectivity index (χ3n) is 6.84. The van der Waals surface area contributed by atoms with Crippen LogP contribution in [0.3, 0.4) is 0 Å². The monoisotopic (exact) mass is 470 g/mol. The Labute approximate surface area is 203 Å². The number of hydrogen-bond donors (Lipinski definition) is 2. The Hall–Kier alpha value is -4.13. The molecule has 2 amide bonds. The fourth-order valence-corrected chi connectivity index (χ4v) is 5.14. The number of nitrogens with one attached hydrogen (secondary N) is 1. The first-order valence-electron chi connectivity index (χ1n) is 11.7. The lowest BCUT2D eigenvalue weighted by molar-refractivity contribution is -0.140. The zero-order valence-electron chi connectivity index (χ0n) is 19.3. The van der Waals surface area contributed by atoms with E-state index in [0.717, 1.165) is 27.8 Å². The first-order chi connectivity index (χ1) is 17.0. The normalized spacial score (nSPS) is 16.7. The molecule has 1 aliphatic heterocycles. The molecule has 0 radical (unpaired) electrons. The molecule has 7 nitrogen and oxygen atoms in total. The number of alkyl carbamates (subject to hydrolysis) is 1. The molecule has 0 spiro atoms. The molecule has 0 saturated carbocycles. The number of amides is 2. The number of benzene rings is 3. The summed E-state index contributed by atoms with van der Waals surface area (Å²) in [6.45, 7) is 1.90. The fourth-order valence-electron chi connectivity index (χ4n) is 5.14. The molecule has 3 aromatic carbocycles. The Morgan fingerprint density at radius 3 is 2.20 bits per heavy atom. The van der Waals surface area contributed by atoms with Gasteiger partial charge in [-0.15, -0.1) is 0 Å². The van der Waals surface area contributed by atoms with Crippen LogP contribution in [-0.2, 0) is 20.7 Å². The minimum absolute atomic E-state index is 0.0919. The standard InChI is InChI=1S/C28H26N2O5/c1-2-23(26(31)30-24-14-8-3-9-17(24)15-25(30)27(32)33)29-28(34)35-16-22-20-12-6-4-10-18(20)19-11-5-7-13-21(19)22/h3-14,22-23,25H,2,15-16H2,1H3,(H,29,34)(H,32,33)/t23-,25?/m1/s1. The zero-order chi connectivity index (χ0) is 24.5. The van der Waals surface area contributed by atoms with Crippen LogP contribution in [0, 0.1) is 0 Å². The van der Waals surface area contributed by atoms with Gasteiger partial charge in [0.2, 0.25) is 0 Å². The second-order valence-electron chi connectivity index (χ2n) is 8.83. The molecular weight excluding hydrogens is 444 g/mol. The molecule has 0 aromatic heterocycles. The number of fused-ring (bicyclic) bond motifs is 4. The summed E-state index contributed by atoms with van der Waals surface area (Å²) < 4.78 is 5.59. The molecule has 0 fully saturated rings. The number of nitrogens with zero attached hydrogens (tertiary/aromatic N) is 1. The van der Waals surface area contributed by atoms with E-state index in [1.54, 1.807) is 19.1 Å². The first-order valence-corrected chi connectivity index (χ1v) is 11.7. The largest absolute Gasteiger partial charge is 0.480 e. The molecule has 2 aliphatic rings. The van der Waals surface area contributed by atoms with Gasteiger partial charge in [0.05, 0.1) is 0 Å². The van der Waals surface area contributed by atoms with E-state index in [9.17, 15) is 19.5 Å². The van der Waals surface area contributed by atoms with Crippen LogP contribution in [0.5, 0.6) is 0 Å². The Balaban J connectivity index is 1.29. The van der Waals surface area contributed by atoms with Crippen LogP contribution in [0.4, 0.5) is 10.5 Å². The van der Waals surface area contributed by atoms with Crippen LogP contribution in [0.2, 0.25) is 0 Å². The molecule has 7 heteroatoms. The molecule has 0 saturated heterocycles. The second-order valence-corrected chi connectivity index (χ2v) is 8.83. The number of aliphatic carboxylic acids is 1. The van der Waals surface area contributed by atoms with Gasteiger partial charge in [-0.05, 0) is 40.3 Å². The number of carboxylic acids is 1. The van der Waals surface area contributed by atoms with E-state index in [-0.39, 0.29) is 18.9 Å². The van der Waals surface area contributed by atoms with Gasteiger partial charge >= 0.3 is 12.1 Å². The highest BCUT2D eigenvalue weighted by molar-refractivity contribution is 6.05. The summed E-state index contributed by atoms with van der Waals surface area (Å²) in [4.78, 5) is 39.3. The minimum Gasteiger partial charge on any atom is -0.480 e. The zero-order valence-corrected chi connectivity index (χ0v) is 19.3. The van der Waals surface area contributed by atoms with Crippen LogP contribution in [0.25, 0.3) is 11.1 Å². The van der Waals surface area contributed by atoms with Crippen LogP contribution in [0.15, 0.2) is 72.8 Å². The summed E-state index contributed by atoms with van der Waals surface area (Å²) in [5.41, 5.74) is 5.82. The van der Waals surface area contributed by atoms with Gasteiger partial charge in [0.25, 0.3) is 5.91 Å². The fraction of sp³-hybridized carbons (Fsp3) is 0.250. The second kappa shape index (κ2) is 9.25. The van der Waals surface area contributed by atoms with Crippen molar-refractivity contribution in [1.82, 2.24) is 5.32 Å². The number of carboxylic acid groups (broad SMARTS) is 1. The van der Waals surface area contributed by atoms with E-state index in [2.05, 4.69) is 17.4 Å². The predicted octanol–water partition coefficient (Wildman–Crippen LogP) is 4.35. The summed E-state index contributed by atoms with van der Waals surface area (Å²) in [6, 6.07) is 21.3. The predicted molar refractivity (Wildman–Crippen MR) is 131 cm³/mol. The Bertz CT molecular complexity index is 1260. The lowest BCUT2D eigenvalue weighted by Gasteiger charge is -2.27. The number of ether oxygens (including phenoxy) is 1. The van der Waals surface area contributed by atoms with Gasteiger partial charge in [0, 0.05) is 18.0 Å². The summed E-state index contributed by atoms with van der Waals surface area (Å²) in [5.74, 6) is -1.63. The van der Waals surface area contributed by atoms with Crippen LogP contribution in [0.1, 0.15) is 36.0 Å². The van der Waals surface area contributed by atoms with Gasteiger partial charge < -0.3 is 15.2 Å². The van der Waals surface area contributed by atoms with E-state index in [4.69, 9.17) is 4.74 Å². The minimum atomic E-state index is -1.08. The van der Waals surface area contributed by atoms with Crippen molar-refractivity contribution in [3.63, 3.8) is 0 Å². The molecule has 178 valence electrons. The molecule has 2 atom stereocenters. The average Bonchev–Trinajstić information content (AvgIpc) is 3.42. The highest BCUT2D eigenvalue weighted by Gasteiger charge is 2.41. The van der Waals surface area contributed by atoms with Crippen molar-refractivity contribution in [3.8, 4) is 11.1 Å². The molecule has 2 N–H and O–H groups in total. The maximum absolute atomic E-state index is 13.4. The molecule has 1 unspecified atom stereocenters. The van der Waals surface area contributed by atoms with Crippen molar-refractivity contribution < 1.29 is 24.2 Å². The molecule has 1 aliphatic carbocycles. The summed E-state index contributed by atoms with van der Waals surface area (Å²) in [5, 5.41) is 12.4. The van der Waals surface area contributed by atoms with Crippen molar-refractivity contribution in [2.75, 3.05) is 11.5 Å². The topological polar surface area (TPSA) is 95.9 Å². The van der Waals surface area contributed by atoms with Gasteiger partial charge in [-0.3, -0.25) is 9.69 Å². The molecule has 1 heterocycles. The van der Waals surface area contributed by atoms with Crippen molar-refractivity contribution in [1.29, 1.82) is 0 Å². The first kappa shape index (κ1) is 22.7. The quantitative estimate of drug-likeness (QED) is 0.559. The number of rotatable bonds is 6. The van der Waals surface area contributed by atoms with Crippen molar-refractivity contribution >= 4 is 23.7 Å². The highest BCUT2D eigenvalue weighted by atomic mass is 16.5. The van der Waals surface area contributed by atoms with E-state index in [0.29, 0.717) is 12.1 Å². The van der Waals surface area contributed by atoms with Crippen LogP contribution < -0.4 is 10.2 Å². The third-order valence-corrected chi connectivity index (χ3v) is 6.84. The maximum atomic E-state index is 13.4. The number of anilines is 1. The van der Waals surface area contributed by atoms with E-state index < -0.39 is 30.1 Å². The maximum Gasteiger partial charge on any atom is 0.407 e. The van der Waals surface area contributed by atoms with E-state index >= 15 is 0 Å². The lowest BCUT2D eigenvalue weighted by Crippen LogP contribution is -2.53. The summed E-state index contributed by atoms with van der Waals surface area (Å²) in [7, 11) is 0. The van der Waals surface area contributed by atoms with Crippen LogP contribution >= 0.6 is 0 Å². The molecule has 35 heavy (non-hydrogen) atoms. The van der Waals surface area contributed by atoms with Crippen LogP contribution in [-0.4, -0.2) is 41.8 Å². The smallest absolute Gasteiger partial charge is 0.407 e. The van der Waals surface area contributed by atoms with Crippen molar-refractivity contribution in [2.24, 2.45) is 0 Å². The Morgan fingerprint density at radius 2 is 1.57 bits per heavy atom. The highest BCUT2D eigenvalue weighted by Crippen LogP contribution is 2.44. The van der Waals surface area contributed by atoms with E-state index in [1.165, 1.54) is 4.90 Å². The number of para-hydroxylation sites is 1. The van der Waals surface area contributed by atoms with Gasteiger partial charge in [-0.25, -0.2) is 9.59 Å². The van der Waals surface area contributed by atoms with Gasteiger partial charge in [0.15, 0.2) is 0 Å². The van der Waals surface area contributed by atoms with Crippen molar-refractivity contribution in [3.05, 3.63) is 89.5 Å². The third kappa shape index (κ3) is 4.03.